The molecular weight excluding hydrogens is 749 g/mol. The molecule has 0 radical (unpaired) electrons. The lowest BCUT2D eigenvalue weighted by molar-refractivity contribution is 0.415. The Balaban J connectivity index is 0.934. The van der Waals surface area contributed by atoms with Crippen molar-refractivity contribution in [2.75, 3.05) is 16.9 Å². The van der Waals surface area contributed by atoms with E-state index in [1.807, 2.05) is 30.3 Å². The highest BCUT2D eigenvalue weighted by molar-refractivity contribution is 6.06. The molecule has 2 aliphatic rings. The van der Waals surface area contributed by atoms with E-state index in [2.05, 4.69) is 181 Å². The number of methoxy groups -OCH3 is 1. The molecule has 290 valence electrons. The molecule has 0 bridgehead atoms. The van der Waals surface area contributed by atoms with Crippen LogP contribution in [0.2, 0.25) is 0 Å². The van der Waals surface area contributed by atoms with Crippen molar-refractivity contribution in [2.24, 2.45) is 0 Å². The molecule has 2 aliphatic heterocycles. The van der Waals surface area contributed by atoms with Gasteiger partial charge in [0.1, 0.15) is 5.75 Å². The zero-order chi connectivity index (χ0) is 40.6. The van der Waals surface area contributed by atoms with Crippen molar-refractivity contribution in [3.05, 3.63) is 200 Å². The van der Waals surface area contributed by atoms with Crippen LogP contribution < -0.4 is 24.0 Å². The Morgan fingerprint density at radius 1 is 0.377 bits per heavy atom. The number of nitrogens with zero attached hydrogens (tertiary/aromatic N) is 2. The summed E-state index contributed by atoms with van der Waals surface area (Å²) in [6.07, 6.45) is 0. The molecule has 2 heterocycles. The van der Waals surface area contributed by atoms with Crippen molar-refractivity contribution in [2.45, 2.75) is 6.92 Å². The first kappa shape index (κ1) is 35.0. The molecule has 0 unspecified atom stereocenters. The summed E-state index contributed by atoms with van der Waals surface area (Å²) in [6.45, 7) is 2.14. The normalized spacial score (nSPS) is 12.6. The maximum atomic E-state index is 6.68. The van der Waals surface area contributed by atoms with Gasteiger partial charge in [-0.05, 0) is 146 Å². The van der Waals surface area contributed by atoms with E-state index >= 15 is 0 Å². The van der Waals surface area contributed by atoms with Gasteiger partial charge in [-0.2, -0.15) is 0 Å². The minimum atomic E-state index is 0.803. The number of benzene rings is 10. The molecule has 0 saturated carbocycles. The fourth-order valence-electron chi connectivity index (χ4n) is 9.18. The van der Waals surface area contributed by atoms with Crippen molar-refractivity contribution in [3.63, 3.8) is 0 Å². The molecule has 61 heavy (non-hydrogen) atoms. The van der Waals surface area contributed by atoms with Gasteiger partial charge in [-0.15, -0.1) is 0 Å². The highest BCUT2D eigenvalue weighted by Crippen LogP contribution is 2.54. The zero-order valence-electron chi connectivity index (χ0n) is 33.6. The van der Waals surface area contributed by atoms with E-state index in [0.717, 1.165) is 107 Å². The summed E-state index contributed by atoms with van der Waals surface area (Å²) in [6, 6.07) is 68.9. The van der Waals surface area contributed by atoms with Gasteiger partial charge in [-0.1, -0.05) is 115 Å². The number of para-hydroxylation sites is 4. The van der Waals surface area contributed by atoms with Gasteiger partial charge in [0, 0.05) is 11.4 Å². The number of rotatable bonds is 5. The number of ether oxygens (including phenoxy) is 3. The predicted molar refractivity (Wildman–Crippen MR) is 251 cm³/mol. The van der Waals surface area contributed by atoms with Crippen molar-refractivity contribution in [1.82, 2.24) is 0 Å². The summed E-state index contributed by atoms with van der Waals surface area (Å²) in [5.74, 6) is 4.10. The van der Waals surface area contributed by atoms with Crippen molar-refractivity contribution in [1.29, 1.82) is 0 Å². The molecule has 0 saturated heterocycles. The van der Waals surface area contributed by atoms with E-state index in [0.29, 0.717) is 0 Å². The first-order chi connectivity index (χ1) is 30.1. The molecule has 12 rings (SSSR count). The van der Waals surface area contributed by atoms with Gasteiger partial charge in [-0.3, -0.25) is 0 Å². The fraction of sp³-hybridized carbons (Fsp3) is 0.0357. The van der Waals surface area contributed by atoms with Crippen LogP contribution in [0.1, 0.15) is 5.56 Å². The van der Waals surface area contributed by atoms with E-state index in [1.54, 1.807) is 7.11 Å². The smallest absolute Gasteiger partial charge is 0.152 e. The second-order valence-corrected chi connectivity index (χ2v) is 15.8. The van der Waals surface area contributed by atoms with Gasteiger partial charge >= 0.3 is 0 Å². The second kappa shape index (κ2) is 13.8. The SMILES string of the molecule is COc1ccc2cc(N3c4ccccc4Oc4cc(-c5ccc(-c6ccc7c(c6)Oc6ccccc6N7c6ccc7cc(C)ccc7c6)c6ccccc56)ccc43)ccc2c1. The topological polar surface area (TPSA) is 34.2 Å². The lowest BCUT2D eigenvalue weighted by atomic mass is 9.91. The number of hydrogen-bond acceptors (Lipinski definition) is 5. The fourth-order valence-corrected chi connectivity index (χ4v) is 9.18. The van der Waals surface area contributed by atoms with Gasteiger partial charge < -0.3 is 24.0 Å². The standard InChI is InChI=1S/C56H38N2O3/c1-35-15-16-37-30-42(22-17-36(37)29-35)57-49-11-5-7-13-53(49)60-55-33-40(20-27-51(55)57)45-25-26-46(48-10-4-3-9-47(45)48)41-21-28-52-56(34-41)61-54-14-8-6-12-50(54)58(52)43-23-18-39-32-44(59-2)24-19-38(39)31-43/h3-34H,1-2H3. The van der Waals surface area contributed by atoms with Crippen LogP contribution in [0.4, 0.5) is 34.1 Å². The van der Waals surface area contributed by atoms with Gasteiger partial charge in [0.15, 0.2) is 23.0 Å². The van der Waals surface area contributed by atoms with Crippen LogP contribution in [-0.2, 0) is 0 Å². The van der Waals surface area contributed by atoms with E-state index in [9.17, 15) is 0 Å². The molecule has 0 spiro atoms. The summed E-state index contributed by atoms with van der Waals surface area (Å²) in [5, 5.41) is 7.03. The third kappa shape index (κ3) is 5.77. The minimum absolute atomic E-state index is 0.803. The van der Waals surface area contributed by atoms with Crippen LogP contribution in [0.15, 0.2) is 194 Å². The molecule has 0 fully saturated rings. The summed E-state index contributed by atoms with van der Waals surface area (Å²) in [7, 11) is 1.70. The second-order valence-electron chi connectivity index (χ2n) is 15.8. The number of hydrogen-bond donors (Lipinski definition) is 0. The maximum absolute atomic E-state index is 6.68. The summed E-state index contributed by atoms with van der Waals surface area (Å²) >= 11 is 0. The van der Waals surface area contributed by atoms with E-state index in [-0.39, 0.29) is 0 Å². The van der Waals surface area contributed by atoms with E-state index in [1.165, 1.54) is 16.3 Å². The third-order valence-electron chi connectivity index (χ3n) is 12.1. The largest absolute Gasteiger partial charge is 0.497 e. The van der Waals surface area contributed by atoms with Crippen LogP contribution in [0.25, 0.3) is 54.6 Å². The number of fused-ring (bicyclic) bond motifs is 7. The van der Waals surface area contributed by atoms with Crippen LogP contribution in [-0.4, -0.2) is 7.11 Å². The molecule has 0 aliphatic carbocycles. The van der Waals surface area contributed by atoms with E-state index in [4.69, 9.17) is 14.2 Å². The summed E-state index contributed by atoms with van der Waals surface area (Å²) in [5.41, 5.74) is 11.9. The molecule has 5 heteroatoms. The van der Waals surface area contributed by atoms with Gasteiger partial charge in [0.2, 0.25) is 0 Å². The molecule has 10 aromatic rings. The average molecular weight is 787 g/mol. The molecule has 0 N–H and O–H groups in total. The number of aryl methyl sites for hydroxylation is 1. The summed E-state index contributed by atoms with van der Waals surface area (Å²) < 4.78 is 18.9. The van der Waals surface area contributed by atoms with Crippen LogP contribution in [0, 0.1) is 6.92 Å². The lowest BCUT2D eigenvalue weighted by Crippen LogP contribution is -2.15. The predicted octanol–water partition coefficient (Wildman–Crippen LogP) is 15.9. The molecule has 0 aromatic heterocycles. The van der Waals surface area contributed by atoms with Gasteiger partial charge in [-0.25, -0.2) is 0 Å². The third-order valence-corrected chi connectivity index (χ3v) is 12.1. The Kier molecular flexibility index (Phi) is 7.91. The average Bonchev–Trinajstić information content (AvgIpc) is 3.31. The molecular formula is C56H38N2O3. The Morgan fingerprint density at radius 2 is 0.836 bits per heavy atom. The minimum Gasteiger partial charge on any atom is -0.497 e. The molecule has 5 nitrogen and oxygen atoms in total. The molecule has 0 amide bonds. The number of anilines is 6. The highest BCUT2D eigenvalue weighted by atomic mass is 16.5. The van der Waals surface area contributed by atoms with Crippen molar-refractivity contribution >= 4 is 66.4 Å². The van der Waals surface area contributed by atoms with E-state index < -0.39 is 0 Å². The quantitative estimate of drug-likeness (QED) is 0.174. The summed E-state index contributed by atoms with van der Waals surface area (Å²) in [4.78, 5) is 4.61. The molecule has 0 atom stereocenters. The first-order valence-electron chi connectivity index (χ1n) is 20.6. The zero-order valence-corrected chi connectivity index (χ0v) is 33.6. The lowest BCUT2D eigenvalue weighted by Gasteiger charge is -2.33. The Labute approximate surface area is 353 Å². The van der Waals surface area contributed by atoms with Gasteiger partial charge in [0.05, 0.1) is 29.9 Å². The van der Waals surface area contributed by atoms with Crippen LogP contribution >= 0.6 is 0 Å². The highest BCUT2D eigenvalue weighted by Gasteiger charge is 2.28. The monoisotopic (exact) mass is 786 g/mol. The first-order valence-corrected chi connectivity index (χ1v) is 20.6. The van der Waals surface area contributed by atoms with Gasteiger partial charge in [0.25, 0.3) is 0 Å². The Hall–Kier alpha value is -8.02. The van der Waals surface area contributed by atoms with Crippen LogP contribution in [0.5, 0.6) is 28.7 Å². The van der Waals surface area contributed by atoms with Crippen molar-refractivity contribution < 1.29 is 14.2 Å². The molecule has 10 aromatic carbocycles. The van der Waals surface area contributed by atoms with Crippen LogP contribution in [0.3, 0.4) is 0 Å². The maximum Gasteiger partial charge on any atom is 0.152 e. The Bertz CT molecular complexity index is 3410. The van der Waals surface area contributed by atoms with Crippen molar-refractivity contribution in [3.8, 4) is 51.0 Å². The Morgan fingerprint density at radius 3 is 1.39 bits per heavy atom.